The van der Waals surface area contributed by atoms with E-state index in [4.69, 9.17) is 19.9 Å². The average Bonchev–Trinajstić information content (AvgIpc) is 1.82. The number of hydrogen-bond acceptors (Lipinski definition) is 5. The molecule has 0 amide bonds. The molecule has 0 fully saturated rings. The van der Waals surface area contributed by atoms with Crippen LogP contribution in [0.1, 0.15) is 0 Å². The van der Waals surface area contributed by atoms with Crippen molar-refractivity contribution in [3.05, 3.63) is 0 Å². The van der Waals surface area contributed by atoms with Crippen LogP contribution in [0.2, 0.25) is 0 Å². The minimum atomic E-state index is -4.48. The van der Waals surface area contributed by atoms with Crippen molar-refractivity contribution in [3.8, 4) is 0 Å². The second kappa shape index (κ2) is 3.81. The fourth-order valence-electron chi connectivity index (χ4n) is 0.472. The predicted octanol–water partition coefficient (Wildman–Crippen LogP) is -2.32. The van der Waals surface area contributed by atoms with Gasteiger partial charge in [-0.15, -0.1) is 0 Å². The molecule has 8 heteroatoms. The summed E-state index contributed by atoms with van der Waals surface area (Å²) in [5.74, 6) is -2.97. The van der Waals surface area contributed by atoms with Crippen LogP contribution in [0.3, 0.4) is 0 Å². The Morgan fingerprint density at radius 2 is 1.75 bits per heavy atom. The van der Waals surface area contributed by atoms with Gasteiger partial charge in [0.2, 0.25) is 0 Å². The van der Waals surface area contributed by atoms with Gasteiger partial charge in [-0.25, -0.2) is 4.79 Å². The zero-order chi connectivity index (χ0) is 9.94. The Hall–Kier alpha value is -0.700. The molecule has 0 rings (SSSR count). The number of aliphatic hydroxyl groups is 2. The van der Waals surface area contributed by atoms with Gasteiger partial charge >= 0.3 is 5.97 Å². The first-order chi connectivity index (χ1) is 5.24. The summed E-state index contributed by atoms with van der Waals surface area (Å²) in [5.41, 5.74) is 0. The SMILES string of the molecule is O=C(O)C(O)C(O)CS(=O)(=O)O. The van der Waals surface area contributed by atoms with E-state index in [1.807, 2.05) is 0 Å². The van der Waals surface area contributed by atoms with E-state index in [0.717, 1.165) is 0 Å². The van der Waals surface area contributed by atoms with Gasteiger partial charge in [-0.1, -0.05) is 0 Å². The Bertz CT molecular complexity index is 255. The summed E-state index contributed by atoms with van der Waals surface area (Å²) in [6.45, 7) is 0. The van der Waals surface area contributed by atoms with E-state index in [-0.39, 0.29) is 0 Å². The Kier molecular flexibility index (Phi) is 3.58. The number of carbonyl (C=O) groups is 1. The van der Waals surface area contributed by atoms with Gasteiger partial charge < -0.3 is 15.3 Å². The molecule has 0 aliphatic carbocycles. The lowest BCUT2D eigenvalue weighted by Gasteiger charge is -2.11. The Balaban J connectivity index is 4.23. The Labute approximate surface area is 68.0 Å². The second-order valence-electron chi connectivity index (χ2n) is 2.10. The molecule has 7 nitrogen and oxygen atoms in total. The summed E-state index contributed by atoms with van der Waals surface area (Å²) in [4.78, 5) is 9.94. The van der Waals surface area contributed by atoms with E-state index in [1.54, 1.807) is 0 Å². The third-order valence-corrected chi connectivity index (χ3v) is 1.76. The standard InChI is InChI=1S/C4H8O7S/c5-2(1-12(9,10)11)3(6)4(7)8/h2-3,5-6H,1H2,(H,7,8)(H,9,10,11). The number of hydrogen-bond donors (Lipinski definition) is 4. The molecule has 0 aliphatic rings. The van der Waals surface area contributed by atoms with Crippen LogP contribution in [0.15, 0.2) is 0 Å². The van der Waals surface area contributed by atoms with Crippen LogP contribution in [0.5, 0.6) is 0 Å². The maximum Gasteiger partial charge on any atom is 0.335 e. The van der Waals surface area contributed by atoms with Crippen LogP contribution in [-0.2, 0) is 14.9 Å². The van der Waals surface area contributed by atoms with Crippen molar-refractivity contribution in [1.29, 1.82) is 0 Å². The Morgan fingerprint density at radius 1 is 1.33 bits per heavy atom. The number of rotatable bonds is 4. The maximum atomic E-state index is 10.1. The van der Waals surface area contributed by atoms with Gasteiger partial charge in [0.1, 0.15) is 11.9 Å². The second-order valence-corrected chi connectivity index (χ2v) is 3.60. The highest BCUT2D eigenvalue weighted by Gasteiger charge is 2.27. The van der Waals surface area contributed by atoms with Crippen LogP contribution in [-0.4, -0.2) is 52.2 Å². The summed E-state index contributed by atoms with van der Waals surface area (Å²) < 4.78 is 28.2. The van der Waals surface area contributed by atoms with Crippen LogP contribution in [0.25, 0.3) is 0 Å². The van der Waals surface area contributed by atoms with E-state index in [1.165, 1.54) is 0 Å². The molecule has 4 N–H and O–H groups in total. The quantitative estimate of drug-likeness (QED) is 0.374. The number of carboxylic acids is 1. The molecule has 72 valence electrons. The maximum absolute atomic E-state index is 10.1. The highest BCUT2D eigenvalue weighted by atomic mass is 32.2. The van der Waals surface area contributed by atoms with E-state index in [9.17, 15) is 13.2 Å². The van der Waals surface area contributed by atoms with Gasteiger partial charge in [0.15, 0.2) is 6.10 Å². The van der Waals surface area contributed by atoms with E-state index >= 15 is 0 Å². The molecule has 0 aliphatic heterocycles. The molecule has 0 aromatic heterocycles. The summed E-state index contributed by atoms with van der Waals surface area (Å²) in [6.07, 6.45) is -4.25. The fraction of sp³-hybridized carbons (Fsp3) is 0.750. The van der Waals surface area contributed by atoms with Crippen LogP contribution in [0.4, 0.5) is 0 Å². The molecule has 0 spiro atoms. The first-order valence-electron chi connectivity index (χ1n) is 2.78. The molecule has 0 radical (unpaired) electrons. The van der Waals surface area contributed by atoms with Crippen molar-refractivity contribution in [2.45, 2.75) is 12.2 Å². The van der Waals surface area contributed by atoms with Gasteiger partial charge in [-0.3, -0.25) is 4.55 Å². The minimum absolute atomic E-state index is 1.21. The van der Waals surface area contributed by atoms with Gasteiger partial charge in [-0.2, -0.15) is 8.42 Å². The number of carboxylic acid groups (broad SMARTS) is 1. The van der Waals surface area contributed by atoms with E-state index < -0.39 is 34.0 Å². The first-order valence-corrected chi connectivity index (χ1v) is 4.39. The van der Waals surface area contributed by atoms with Crippen molar-refractivity contribution in [2.75, 3.05) is 5.75 Å². The molecule has 0 aromatic carbocycles. The molecule has 0 saturated carbocycles. The van der Waals surface area contributed by atoms with Crippen LogP contribution >= 0.6 is 0 Å². The molecule has 0 saturated heterocycles. The lowest BCUT2D eigenvalue weighted by atomic mass is 10.2. The molecule has 0 aromatic rings. The molecule has 2 atom stereocenters. The van der Waals surface area contributed by atoms with Crippen molar-refractivity contribution < 1.29 is 33.1 Å². The molecule has 2 unspecified atom stereocenters. The number of aliphatic carboxylic acids is 1. The smallest absolute Gasteiger partial charge is 0.335 e. The number of aliphatic hydroxyl groups excluding tert-OH is 2. The van der Waals surface area contributed by atoms with Gasteiger partial charge in [0, 0.05) is 0 Å². The summed E-state index contributed by atoms with van der Waals surface area (Å²) >= 11 is 0. The molecular weight excluding hydrogens is 192 g/mol. The zero-order valence-corrected chi connectivity index (χ0v) is 6.60. The van der Waals surface area contributed by atoms with Crippen molar-refractivity contribution >= 4 is 16.1 Å². The Morgan fingerprint density at radius 3 is 2.00 bits per heavy atom. The highest BCUT2D eigenvalue weighted by molar-refractivity contribution is 7.85. The van der Waals surface area contributed by atoms with Gasteiger partial charge in [-0.05, 0) is 0 Å². The largest absolute Gasteiger partial charge is 0.479 e. The third kappa shape index (κ3) is 4.23. The molecule has 0 bridgehead atoms. The fourth-order valence-corrected chi connectivity index (χ4v) is 1.09. The molecule has 12 heavy (non-hydrogen) atoms. The van der Waals surface area contributed by atoms with Crippen molar-refractivity contribution in [3.63, 3.8) is 0 Å². The summed E-state index contributed by atoms with van der Waals surface area (Å²) in [7, 11) is -4.48. The average molecular weight is 200 g/mol. The first kappa shape index (κ1) is 11.3. The third-order valence-electron chi connectivity index (χ3n) is 0.999. The minimum Gasteiger partial charge on any atom is -0.479 e. The monoisotopic (exact) mass is 200 g/mol. The topological polar surface area (TPSA) is 132 Å². The lowest BCUT2D eigenvalue weighted by Crippen LogP contribution is -2.38. The van der Waals surface area contributed by atoms with Crippen molar-refractivity contribution in [2.24, 2.45) is 0 Å². The van der Waals surface area contributed by atoms with E-state index in [2.05, 4.69) is 0 Å². The van der Waals surface area contributed by atoms with Crippen LogP contribution in [0, 0.1) is 0 Å². The van der Waals surface area contributed by atoms with E-state index in [0.29, 0.717) is 0 Å². The molecular formula is C4H8O7S. The normalized spacial score (nSPS) is 16.9. The molecule has 0 heterocycles. The summed E-state index contributed by atoms with van der Waals surface area (Å²) in [5, 5.41) is 25.2. The zero-order valence-electron chi connectivity index (χ0n) is 5.78. The van der Waals surface area contributed by atoms with Crippen molar-refractivity contribution in [1.82, 2.24) is 0 Å². The van der Waals surface area contributed by atoms with Gasteiger partial charge in [0.25, 0.3) is 10.1 Å². The predicted molar refractivity (Wildman–Crippen MR) is 36.1 cm³/mol. The summed E-state index contributed by atoms with van der Waals surface area (Å²) in [6, 6.07) is 0. The van der Waals surface area contributed by atoms with Crippen LogP contribution < -0.4 is 0 Å². The van der Waals surface area contributed by atoms with Gasteiger partial charge in [0.05, 0.1) is 0 Å². The lowest BCUT2D eigenvalue weighted by molar-refractivity contribution is -0.151. The highest BCUT2D eigenvalue weighted by Crippen LogP contribution is 1.97.